The predicted molar refractivity (Wildman–Crippen MR) is 103 cm³/mol. The van der Waals surface area contributed by atoms with Crippen molar-refractivity contribution in [3.63, 3.8) is 0 Å². The summed E-state index contributed by atoms with van der Waals surface area (Å²) in [6, 6.07) is 12.0. The molecule has 0 aliphatic carbocycles. The largest absolute Gasteiger partial charge is 0.508 e. The van der Waals surface area contributed by atoms with Crippen LogP contribution in [0.15, 0.2) is 54.7 Å². The molecule has 0 fully saturated rings. The van der Waals surface area contributed by atoms with E-state index in [1.807, 2.05) is 24.3 Å². The highest BCUT2D eigenvalue weighted by atomic mass is 19.1. The van der Waals surface area contributed by atoms with Gasteiger partial charge in [0, 0.05) is 17.1 Å². The Balaban J connectivity index is 1.77. The number of phenolic OH excluding ortho intramolecular Hbond substituents is 1. The number of halogens is 1. The number of fused-ring (bicyclic) bond motifs is 1. The van der Waals surface area contributed by atoms with Gasteiger partial charge >= 0.3 is 0 Å². The fourth-order valence-corrected chi connectivity index (χ4v) is 2.87. The summed E-state index contributed by atoms with van der Waals surface area (Å²) in [5, 5.41) is 20.5. The molecule has 0 saturated carbocycles. The molecule has 4 heteroatoms. The van der Waals surface area contributed by atoms with Gasteiger partial charge in [0.25, 0.3) is 0 Å². The summed E-state index contributed by atoms with van der Waals surface area (Å²) in [5.74, 6) is -0.135. The van der Waals surface area contributed by atoms with Crippen LogP contribution in [0.1, 0.15) is 31.7 Å². The van der Waals surface area contributed by atoms with E-state index in [2.05, 4.69) is 4.98 Å². The molecule has 0 saturated heterocycles. The van der Waals surface area contributed by atoms with Crippen LogP contribution in [-0.4, -0.2) is 21.3 Å². The maximum absolute atomic E-state index is 14.5. The van der Waals surface area contributed by atoms with Gasteiger partial charge in [-0.15, -0.1) is 0 Å². The van der Waals surface area contributed by atoms with Crippen molar-refractivity contribution in [1.82, 2.24) is 4.98 Å². The summed E-state index contributed by atoms with van der Waals surface area (Å²) in [4.78, 5) is 4.32. The van der Waals surface area contributed by atoms with Gasteiger partial charge in [-0.05, 0) is 67.5 Å². The lowest BCUT2D eigenvalue weighted by Gasteiger charge is -2.06. The molecule has 0 spiro atoms. The van der Waals surface area contributed by atoms with Crippen LogP contribution in [0.25, 0.3) is 28.1 Å². The molecular weight excluding hydrogens is 329 g/mol. The summed E-state index contributed by atoms with van der Waals surface area (Å²) in [7, 11) is 0. The van der Waals surface area contributed by atoms with Crippen LogP contribution in [0.2, 0.25) is 0 Å². The number of aromatic hydroxyl groups is 1. The molecule has 1 aromatic heterocycles. The zero-order chi connectivity index (χ0) is 18.5. The van der Waals surface area contributed by atoms with Gasteiger partial charge in [-0.2, -0.15) is 0 Å². The molecule has 134 valence electrons. The van der Waals surface area contributed by atoms with E-state index in [1.54, 1.807) is 37.4 Å². The molecule has 1 heterocycles. The Bertz CT molecular complexity index is 935. The third-order valence-electron chi connectivity index (χ3n) is 4.28. The summed E-state index contributed by atoms with van der Waals surface area (Å²) in [6.45, 7) is 1.78. The Hall–Kier alpha value is -2.72. The summed E-state index contributed by atoms with van der Waals surface area (Å²) >= 11 is 0. The van der Waals surface area contributed by atoms with Gasteiger partial charge in [0.05, 0.1) is 11.8 Å². The van der Waals surface area contributed by atoms with Crippen LogP contribution in [0, 0.1) is 5.82 Å². The number of rotatable bonds is 6. The fourth-order valence-electron chi connectivity index (χ4n) is 2.87. The predicted octanol–water partition coefficient (Wildman–Crippen LogP) is 5.31. The summed E-state index contributed by atoms with van der Waals surface area (Å²) in [6.07, 6.45) is 7.78. The molecule has 3 nitrogen and oxygen atoms in total. The van der Waals surface area contributed by atoms with Gasteiger partial charge in [0.15, 0.2) is 0 Å². The first-order chi connectivity index (χ1) is 12.5. The smallest absolute Gasteiger partial charge is 0.133 e. The first kappa shape index (κ1) is 18.1. The molecule has 1 unspecified atom stereocenters. The van der Waals surface area contributed by atoms with E-state index in [9.17, 15) is 14.6 Å². The number of unbranched alkanes of at least 4 members (excludes halogenated alkanes) is 1. The zero-order valence-corrected chi connectivity index (χ0v) is 14.7. The van der Waals surface area contributed by atoms with Gasteiger partial charge in [-0.3, -0.25) is 4.98 Å². The van der Waals surface area contributed by atoms with E-state index in [0.29, 0.717) is 11.3 Å². The van der Waals surface area contributed by atoms with Crippen molar-refractivity contribution in [2.45, 2.75) is 32.3 Å². The van der Waals surface area contributed by atoms with Crippen molar-refractivity contribution in [1.29, 1.82) is 0 Å². The molecule has 0 aliphatic heterocycles. The van der Waals surface area contributed by atoms with E-state index in [-0.39, 0.29) is 17.7 Å². The normalized spacial score (nSPS) is 12.7. The minimum Gasteiger partial charge on any atom is -0.508 e. The number of benzene rings is 2. The number of hydrogen-bond acceptors (Lipinski definition) is 3. The SMILES string of the molecule is CC(O)CCCC=Cc1ccc(-c2cc3ccc(O)cc3cn2)c(F)c1. The average Bonchev–Trinajstić information content (AvgIpc) is 2.61. The second-order valence-corrected chi connectivity index (χ2v) is 6.52. The molecule has 2 aromatic carbocycles. The lowest BCUT2D eigenvalue weighted by molar-refractivity contribution is 0.182. The standard InChI is InChI=1S/C22H22FNO2/c1-15(25)5-3-2-4-6-16-7-10-20(21(23)11-16)22-13-17-8-9-19(26)12-18(17)14-24-22/h4,6-15,25-26H,2-3,5H2,1H3. The number of nitrogens with zero attached hydrogens (tertiary/aromatic N) is 1. The number of phenols is 1. The van der Waals surface area contributed by atoms with Crippen LogP contribution in [-0.2, 0) is 0 Å². The maximum Gasteiger partial charge on any atom is 0.133 e. The van der Waals surface area contributed by atoms with Crippen LogP contribution >= 0.6 is 0 Å². The molecule has 2 N–H and O–H groups in total. The summed E-state index contributed by atoms with van der Waals surface area (Å²) < 4.78 is 14.5. The fraction of sp³-hybridized carbons (Fsp3) is 0.227. The molecular formula is C22H22FNO2. The lowest BCUT2D eigenvalue weighted by atomic mass is 10.0. The Labute approximate surface area is 152 Å². The zero-order valence-electron chi connectivity index (χ0n) is 14.7. The molecule has 0 bridgehead atoms. The molecule has 1 atom stereocenters. The quantitative estimate of drug-likeness (QED) is 0.592. The highest BCUT2D eigenvalue weighted by Crippen LogP contribution is 2.27. The number of aliphatic hydroxyl groups is 1. The monoisotopic (exact) mass is 351 g/mol. The van der Waals surface area contributed by atoms with Gasteiger partial charge in [0.2, 0.25) is 0 Å². The van der Waals surface area contributed by atoms with E-state index in [1.165, 1.54) is 6.07 Å². The van der Waals surface area contributed by atoms with E-state index in [0.717, 1.165) is 35.6 Å². The Morgan fingerprint density at radius 2 is 1.96 bits per heavy atom. The van der Waals surface area contributed by atoms with Crippen LogP contribution in [0.5, 0.6) is 5.75 Å². The first-order valence-corrected chi connectivity index (χ1v) is 8.76. The number of hydrogen-bond donors (Lipinski definition) is 2. The second kappa shape index (κ2) is 8.11. The van der Waals surface area contributed by atoms with Crippen molar-refractivity contribution in [3.8, 4) is 17.0 Å². The van der Waals surface area contributed by atoms with Gasteiger partial charge in [0.1, 0.15) is 11.6 Å². The lowest BCUT2D eigenvalue weighted by Crippen LogP contribution is -1.97. The van der Waals surface area contributed by atoms with E-state index >= 15 is 0 Å². The van der Waals surface area contributed by atoms with Crippen molar-refractivity contribution >= 4 is 16.8 Å². The molecule has 0 aliphatic rings. The molecule has 0 radical (unpaired) electrons. The Kier molecular flexibility index (Phi) is 5.64. The van der Waals surface area contributed by atoms with E-state index < -0.39 is 0 Å². The Morgan fingerprint density at radius 1 is 1.12 bits per heavy atom. The van der Waals surface area contributed by atoms with Crippen LogP contribution < -0.4 is 0 Å². The number of aliphatic hydroxyl groups excluding tert-OH is 1. The molecule has 3 rings (SSSR count). The number of allylic oxidation sites excluding steroid dienone is 1. The average molecular weight is 351 g/mol. The minimum absolute atomic E-state index is 0.183. The van der Waals surface area contributed by atoms with Crippen LogP contribution in [0.4, 0.5) is 4.39 Å². The third-order valence-corrected chi connectivity index (χ3v) is 4.28. The van der Waals surface area contributed by atoms with Crippen molar-refractivity contribution in [3.05, 3.63) is 66.1 Å². The summed E-state index contributed by atoms with van der Waals surface area (Å²) in [5.41, 5.74) is 1.81. The Morgan fingerprint density at radius 3 is 2.73 bits per heavy atom. The molecule has 26 heavy (non-hydrogen) atoms. The number of pyridine rings is 1. The van der Waals surface area contributed by atoms with Crippen LogP contribution in [0.3, 0.4) is 0 Å². The van der Waals surface area contributed by atoms with Gasteiger partial charge < -0.3 is 10.2 Å². The first-order valence-electron chi connectivity index (χ1n) is 8.76. The van der Waals surface area contributed by atoms with E-state index in [4.69, 9.17) is 0 Å². The third kappa shape index (κ3) is 4.46. The highest BCUT2D eigenvalue weighted by Gasteiger charge is 2.08. The van der Waals surface area contributed by atoms with Crippen molar-refractivity contribution < 1.29 is 14.6 Å². The maximum atomic E-state index is 14.5. The minimum atomic E-state index is -0.318. The topological polar surface area (TPSA) is 53.4 Å². The van der Waals surface area contributed by atoms with Gasteiger partial charge in [-0.1, -0.05) is 24.3 Å². The molecule has 0 amide bonds. The highest BCUT2D eigenvalue weighted by molar-refractivity contribution is 5.86. The van der Waals surface area contributed by atoms with Crippen molar-refractivity contribution in [2.75, 3.05) is 0 Å². The second-order valence-electron chi connectivity index (χ2n) is 6.52. The molecule has 3 aromatic rings. The van der Waals surface area contributed by atoms with Gasteiger partial charge in [-0.25, -0.2) is 4.39 Å². The van der Waals surface area contributed by atoms with Crippen molar-refractivity contribution in [2.24, 2.45) is 0 Å². The number of aromatic nitrogens is 1.